The summed E-state index contributed by atoms with van der Waals surface area (Å²) in [5.74, 6) is 0.313. The summed E-state index contributed by atoms with van der Waals surface area (Å²) in [6.45, 7) is 2.79. The summed E-state index contributed by atoms with van der Waals surface area (Å²) < 4.78 is 0. The minimum atomic E-state index is 0.0465. The highest BCUT2D eigenvalue weighted by molar-refractivity contribution is 5.83. The van der Waals surface area contributed by atoms with E-state index in [2.05, 4.69) is 36.2 Å². The molecule has 2 aliphatic rings. The molecule has 1 aromatic carbocycles. The van der Waals surface area contributed by atoms with Crippen LogP contribution in [0.4, 0.5) is 0 Å². The van der Waals surface area contributed by atoms with Crippen LogP contribution in [0.25, 0.3) is 0 Å². The van der Waals surface area contributed by atoms with Crippen molar-refractivity contribution in [2.24, 2.45) is 0 Å². The first-order chi connectivity index (χ1) is 8.25. The van der Waals surface area contributed by atoms with Gasteiger partial charge in [-0.15, -0.1) is 0 Å². The molecular weight excluding hydrogens is 212 g/mol. The molecular formula is C14H18N2O. The summed E-state index contributed by atoms with van der Waals surface area (Å²) in [5.41, 5.74) is 2.70. The Morgan fingerprint density at radius 3 is 2.59 bits per heavy atom. The first-order valence-corrected chi connectivity index (χ1v) is 6.31. The van der Waals surface area contributed by atoms with Gasteiger partial charge in [-0.3, -0.25) is 9.69 Å². The molecule has 90 valence electrons. The van der Waals surface area contributed by atoms with Gasteiger partial charge in [0.1, 0.15) is 0 Å². The predicted molar refractivity (Wildman–Crippen MR) is 66.6 cm³/mol. The minimum absolute atomic E-state index is 0.0465. The summed E-state index contributed by atoms with van der Waals surface area (Å²) >= 11 is 0. The molecule has 17 heavy (non-hydrogen) atoms. The van der Waals surface area contributed by atoms with E-state index >= 15 is 0 Å². The second kappa shape index (κ2) is 4.15. The van der Waals surface area contributed by atoms with Crippen molar-refractivity contribution in [3.05, 3.63) is 35.4 Å². The lowest BCUT2D eigenvalue weighted by molar-refractivity contribution is -0.140. The summed E-state index contributed by atoms with van der Waals surface area (Å²) in [7, 11) is 2.05. The van der Waals surface area contributed by atoms with Crippen LogP contribution in [0.15, 0.2) is 24.3 Å². The van der Waals surface area contributed by atoms with Crippen molar-refractivity contribution < 1.29 is 4.79 Å². The number of carbonyl (C=O) groups is 1. The quantitative estimate of drug-likeness (QED) is 0.725. The Hall–Kier alpha value is -1.35. The molecule has 1 aromatic rings. The molecule has 0 saturated carbocycles. The molecule has 3 nitrogen and oxygen atoms in total. The van der Waals surface area contributed by atoms with Crippen LogP contribution in [-0.2, 0) is 17.8 Å². The third-order valence-electron chi connectivity index (χ3n) is 3.94. The Kier molecular flexibility index (Phi) is 2.63. The van der Waals surface area contributed by atoms with Crippen molar-refractivity contribution >= 4 is 5.91 Å². The monoisotopic (exact) mass is 230 g/mol. The summed E-state index contributed by atoms with van der Waals surface area (Å²) in [5, 5.41) is 0. The van der Waals surface area contributed by atoms with E-state index in [1.54, 1.807) is 0 Å². The van der Waals surface area contributed by atoms with Crippen molar-refractivity contribution in [1.29, 1.82) is 0 Å². The van der Waals surface area contributed by atoms with Crippen LogP contribution in [0.3, 0.4) is 0 Å². The zero-order chi connectivity index (χ0) is 11.8. The van der Waals surface area contributed by atoms with Gasteiger partial charge >= 0.3 is 0 Å². The third kappa shape index (κ3) is 1.84. The van der Waals surface area contributed by atoms with Gasteiger partial charge < -0.3 is 4.90 Å². The number of likely N-dealkylation sites (tertiary alicyclic amines) is 1. The number of fused-ring (bicyclic) bond motifs is 1. The molecule has 0 spiro atoms. The van der Waals surface area contributed by atoms with E-state index in [1.807, 2.05) is 4.90 Å². The molecule has 0 N–H and O–H groups in total. The first kappa shape index (κ1) is 10.8. The summed E-state index contributed by atoms with van der Waals surface area (Å²) in [6, 6.07) is 8.50. The van der Waals surface area contributed by atoms with Gasteiger partial charge in [-0.2, -0.15) is 0 Å². The molecule has 0 unspecified atom stereocenters. The maximum absolute atomic E-state index is 12.3. The van der Waals surface area contributed by atoms with Crippen LogP contribution in [0.5, 0.6) is 0 Å². The average molecular weight is 230 g/mol. The van der Waals surface area contributed by atoms with Crippen LogP contribution in [0, 0.1) is 0 Å². The Labute approximate surface area is 102 Å². The second-order valence-corrected chi connectivity index (χ2v) is 5.08. The van der Waals surface area contributed by atoms with Gasteiger partial charge in [0.05, 0.1) is 6.04 Å². The standard InChI is InChI=1S/C14H18N2O/c1-15-10-12-6-3-2-5-11(12)9-13(15)14(17)16-7-4-8-16/h2-3,5-6,13H,4,7-10H2,1H3/t13-/m0/s1. The third-order valence-corrected chi connectivity index (χ3v) is 3.94. The highest BCUT2D eigenvalue weighted by Crippen LogP contribution is 2.24. The Bertz CT molecular complexity index is 440. The van der Waals surface area contributed by atoms with Gasteiger partial charge in [0.2, 0.25) is 5.91 Å². The molecule has 0 bridgehead atoms. The van der Waals surface area contributed by atoms with Crippen molar-refractivity contribution in [3.8, 4) is 0 Å². The SMILES string of the molecule is CN1Cc2ccccc2C[C@H]1C(=O)N1CCC1. The van der Waals surface area contributed by atoms with E-state index in [9.17, 15) is 4.79 Å². The number of hydrogen-bond acceptors (Lipinski definition) is 2. The number of amides is 1. The van der Waals surface area contributed by atoms with Crippen LogP contribution in [0.2, 0.25) is 0 Å². The van der Waals surface area contributed by atoms with Gasteiger partial charge in [-0.05, 0) is 31.0 Å². The maximum atomic E-state index is 12.3. The maximum Gasteiger partial charge on any atom is 0.240 e. The van der Waals surface area contributed by atoms with E-state index in [0.717, 1.165) is 26.1 Å². The lowest BCUT2D eigenvalue weighted by Gasteiger charge is -2.39. The fraction of sp³-hybridized carbons (Fsp3) is 0.500. The first-order valence-electron chi connectivity index (χ1n) is 6.31. The number of nitrogens with zero attached hydrogens (tertiary/aromatic N) is 2. The molecule has 1 fully saturated rings. The van der Waals surface area contributed by atoms with E-state index in [4.69, 9.17) is 0 Å². The van der Waals surface area contributed by atoms with E-state index < -0.39 is 0 Å². The number of likely N-dealkylation sites (N-methyl/N-ethyl adjacent to an activating group) is 1. The fourth-order valence-electron chi connectivity index (χ4n) is 2.68. The van der Waals surface area contributed by atoms with Crippen molar-refractivity contribution in [2.45, 2.75) is 25.4 Å². The Balaban J connectivity index is 1.81. The molecule has 3 heteroatoms. The number of rotatable bonds is 1. The summed E-state index contributed by atoms with van der Waals surface area (Å²) in [6.07, 6.45) is 2.03. The Morgan fingerprint density at radius 2 is 1.94 bits per heavy atom. The molecule has 0 aliphatic carbocycles. The van der Waals surface area contributed by atoms with Crippen LogP contribution in [0.1, 0.15) is 17.5 Å². The van der Waals surface area contributed by atoms with Gasteiger partial charge in [0, 0.05) is 19.6 Å². The zero-order valence-corrected chi connectivity index (χ0v) is 10.2. The molecule has 3 rings (SSSR count). The highest BCUT2D eigenvalue weighted by Gasteiger charge is 2.33. The molecule has 0 radical (unpaired) electrons. The minimum Gasteiger partial charge on any atom is -0.341 e. The molecule has 2 heterocycles. The largest absolute Gasteiger partial charge is 0.341 e. The van der Waals surface area contributed by atoms with Crippen molar-refractivity contribution in [3.63, 3.8) is 0 Å². The molecule has 1 atom stereocenters. The summed E-state index contributed by atoms with van der Waals surface area (Å²) in [4.78, 5) is 16.4. The lowest BCUT2D eigenvalue weighted by Crippen LogP contribution is -2.54. The topological polar surface area (TPSA) is 23.6 Å². The van der Waals surface area contributed by atoms with Crippen LogP contribution >= 0.6 is 0 Å². The van der Waals surface area contributed by atoms with Gasteiger partial charge in [-0.1, -0.05) is 24.3 Å². The predicted octanol–water partition coefficient (Wildman–Crippen LogP) is 1.28. The average Bonchev–Trinajstić information content (AvgIpc) is 2.25. The highest BCUT2D eigenvalue weighted by atomic mass is 16.2. The van der Waals surface area contributed by atoms with E-state index in [1.165, 1.54) is 17.5 Å². The molecule has 1 saturated heterocycles. The van der Waals surface area contributed by atoms with Gasteiger partial charge in [0.25, 0.3) is 0 Å². The lowest BCUT2D eigenvalue weighted by atomic mass is 9.93. The Morgan fingerprint density at radius 1 is 1.24 bits per heavy atom. The smallest absolute Gasteiger partial charge is 0.240 e. The second-order valence-electron chi connectivity index (χ2n) is 5.08. The number of benzene rings is 1. The molecule has 2 aliphatic heterocycles. The van der Waals surface area contributed by atoms with Crippen LogP contribution < -0.4 is 0 Å². The normalized spacial score (nSPS) is 24.1. The van der Waals surface area contributed by atoms with Crippen LogP contribution in [-0.4, -0.2) is 41.9 Å². The fourth-order valence-corrected chi connectivity index (χ4v) is 2.68. The van der Waals surface area contributed by atoms with Gasteiger partial charge in [-0.25, -0.2) is 0 Å². The van der Waals surface area contributed by atoms with Crippen molar-refractivity contribution in [1.82, 2.24) is 9.80 Å². The molecule has 0 aromatic heterocycles. The number of carbonyl (C=O) groups excluding carboxylic acids is 1. The molecule has 1 amide bonds. The number of hydrogen-bond donors (Lipinski definition) is 0. The van der Waals surface area contributed by atoms with E-state index in [0.29, 0.717) is 5.91 Å². The van der Waals surface area contributed by atoms with Gasteiger partial charge in [0.15, 0.2) is 0 Å². The zero-order valence-electron chi connectivity index (χ0n) is 10.2. The van der Waals surface area contributed by atoms with Crippen molar-refractivity contribution in [2.75, 3.05) is 20.1 Å². The van der Waals surface area contributed by atoms with E-state index in [-0.39, 0.29) is 6.04 Å².